The quantitative estimate of drug-likeness (QED) is 0.503. The Labute approximate surface area is 133 Å². The zero-order valence-electron chi connectivity index (χ0n) is 12.7. The third-order valence-corrected chi connectivity index (χ3v) is 2.98. The monoisotopic (exact) mass is 315 g/mol. The van der Waals surface area contributed by atoms with Crippen LogP contribution in [0, 0.1) is 0 Å². The predicted molar refractivity (Wildman–Crippen MR) is 85.4 cm³/mol. The highest BCUT2D eigenvalue weighted by Gasteiger charge is 2.09. The Balaban J connectivity index is 1.91. The van der Waals surface area contributed by atoms with Crippen LogP contribution in [0.2, 0.25) is 0 Å². The van der Waals surface area contributed by atoms with Crippen LogP contribution in [0.15, 0.2) is 48.6 Å². The van der Waals surface area contributed by atoms with Gasteiger partial charge in [-0.25, -0.2) is 9.59 Å². The fourth-order valence-electron chi connectivity index (χ4n) is 1.89. The summed E-state index contributed by atoms with van der Waals surface area (Å²) in [6.07, 6.45) is -0.656. The first-order chi connectivity index (χ1) is 11.0. The molecule has 0 saturated carbocycles. The normalized spacial score (nSPS) is 10.1. The van der Waals surface area contributed by atoms with Crippen molar-refractivity contribution in [1.29, 1.82) is 0 Å². The second kappa shape index (κ2) is 7.31. The first kappa shape index (κ1) is 16.4. The van der Waals surface area contributed by atoms with Crippen molar-refractivity contribution in [3.8, 4) is 11.5 Å². The van der Waals surface area contributed by atoms with E-state index in [4.69, 9.17) is 9.47 Å². The molecule has 0 spiro atoms. The summed E-state index contributed by atoms with van der Waals surface area (Å²) in [5.41, 5.74) is 0.298. The molecule has 2 N–H and O–H groups in total. The predicted octanol–water partition coefficient (Wildman–Crippen LogP) is 2.75. The summed E-state index contributed by atoms with van der Waals surface area (Å²) in [6.45, 7) is 5.16. The summed E-state index contributed by atoms with van der Waals surface area (Å²) >= 11 is 0. The fraction of sp³-hybridized carbons (Fsp3) is 0.176. The number of aromatic hydroxyl groups is 1. The van der Waals surface area contributed by atoms with E-state index in [1.54, 1.807) is 37.3 Å². The maximum Gasteiger partial charge on any atom is 0.412 e. The van der Waals surface area contributed by atoms with Crippen LogP contribution in [0.5, 0.6) is 11.5 Å². The zero-order valence-corrected chi connectivity index (χ0v) is 12.7. The van der Waals surface area contributed by atoms with Gasteiger partial charge in [0.15, 0.2) is 0 Å². The molecule has 2 aromatic rings. The number of amides is 1. The van der Waals surface area contributed by atoms with Gasteiger partial charge in [-0.15, -0.1) is 0 Å². The number of fused-ring (bicyclic) bond motifs is 1. The molecule has 0 aliphatic carbocycles. The fourth-order valence-corrected chi connectivity index (χ4v) is 1.89. The second-order valence-corrected chi connectivity index (χ2v) is 4.89. The van der Waals surface area contributed by atoms with Gasteiger partial charge in [0.2, 0.25) is 0 Å². The molecule has 0 radical (unpaired) electrons. The molecule has 0 unspecified atom stereocenters. The standard InChI is InChI=1S/C17H17NO5/c1-11(2)16(20)22-9-8-18-17(21)23-15-5-3-4-12-10-13(19)6-7-14(12)15/h3-7,10,19H,1,8-9H2,2H3,(H,18,21). The Bertz CT molecular complexity index is 754. The van der Waals surface area contributed by atoms with Crippen LogP contribution < -0.4 is 10.1 Å². The first-order valence-corrected chi connectivity index (χ1v) is 6.97. The van der Waals surface area contributed by atoms with E-state index in [-0.39, 0.29) is 18.9 Å². The van der Waals surface area contributed by atoms with Gasteiger partial charge in [0.05, 0.1) is 6.54 Å². The smallest absolute Gasteiger partial charge is 0.412 e. The molecule has 0 atom stereocenters. The molecule has 6 heteroatoms. The Hall–Kier alpha value is -3.02. The van der Waals surface area contributed by atoms with Gasteiger partial charge in [-0.05, 0) is 36.6 Å². The highest BCUT2D eigenvalue weighted by atomic mass is 16.6. The van der Waals surface area contributed by atoms with E-state index in [0.29, 0.717) is 16.7 Å². The molecule has 0 bridgehead atoms. The number of nitrogens with one attached hydrogen (secondary N) is 1. The topological polar surface area (TPSA) is 84.9 Å². The molecule has 23 heavy (non-hydrogen) atoms. The number of rotatable bonds is 5. The maximum atomic E-state index is 11.8. The zero-order chi connectivity index (χ0) is 16.8. The van der Waals surface area contributed by atoms with Crippen LogP contribution in [0.3, 0.4) is 0 Å². The van der Waals surface area contributed by atoms with E-state index < -0.39 is 12.1 Å². The molecule has 0 fully saturated rings. The highest BCUT2D eigenvalue weighted by Crippen LogP contribution is 2.28. The SMILES string of the molecule is C=C(C)C(=O)OCCNC(=O)Oc1cccc2cc(O)ccc12. The average molecular weight is 315 g/mol. The number of carbonyl (C=O) groups is 2. The molecule has 0 saturated heterocycles. The summed E-state index contributed by atoms with van der Waals surface area (Å²) in [6, 6.07) is 9.94. The van der Waals surface area contributed by atoms with Crippen molar-refractivity contribution in [1.82, 2.24) is 5.32 Å². The minimum atomic E-state index is -0.656. The van der Waals surface area contributed by atoms with Gasteiger partial charge >= 0.3 is 12.1 Å². The number of hydrogen-bond donors (Lipinski definition) is 2. The second-order valence-electron chi connectivity index (χ2n) is 4.89. The maximum absolute atomic E-state index is 11.8. The van der Waals surface area contributed by atoms with Gasteiger partial charge in [0.1, 0.15) is 18.1 Å². The van der Waals surface area contributed by atoms with Gasteiger partial charge in [-0.1, -0.05) is 18.7 Å². The van der Waals surface area contributed by atoms with E-state index >= 15 is 0 Å². The lowest BCUT2D eigenvalue weighted by atomic mass is 10.1. The Kier molecular flexibility index (Phi) is 5.19. The molecule has 120 valence electrons. The van der Waals surface area contributed by atoms with Crippen LogP contribution in [0.1, 0.15) is 6.92 Å². The lowest BCUT2D eigenvalue weighted by molar-refractivity contribution is -0.138. The molecule has 1 amide bonds. The number of ether oxygens (including phenoxy) is 2. The number of esters is 1. The van der Waals surface area contributed by atoms with Gasteiger partial charge < -0.3 is 19.9 Å². The summed E-state index contributed by atoms with van der Waals surface area (Å²) in [4.78, 5) is 22.9. The number of phenolic OH excluding ortho intramolecular Hbond substituents is 1. The summed E-state index contributed by atoms with van der Waals surface area (Å²) in [7, 11) is 0. The van der Waals surface area contributed by atoms with Gasteiger partial charge in [-0.3, -0.25) is 0 Å². The van der Waals surface area contributed by atoms with Crippen LogP contribution >= 0.6 is 0 Å². The van der Waals surface area contributed by atoms with Gasteiger partial charge in [-0.2, -0.15) is 0 Å². The van der Waals surface area contributed by atoms with E-state index in [2.05, 4.69) is 11.9 Å². The molecule has 2 rings (SSSR count). The molecular weight excluding hydrogens is 298 g/mol. The van der Waals surface area contributed by atoms with Crippen LogP contribution in [-0.2, 0) is 9.53 Å². The number of benzene rings is 2. The first-order valence-electron chi connectivity index (χ1n) is 6.97. The molecule has 2 aromatic carbocycles. The third-order valence-electron chi connectivity index (χ3n) is 2.98. The molecule has 6 nitrogen and oxygen atoms in total. The largest absolute Gasteiger partial charge is 0.508 e. The molecule has 0 heterocycles. The molecule has 0 aliphatic heterocycles. The van der Waals surface area contributed by atoms with E-state index in [9.17, 15) is 14.7 Å². The average Bonchev–Trinajstić information content (AvgIpc) is 2.51. The minimum absolute atomic E-state index is 0.0319. The highest BCUT2D eigenvalue weighted by molar-refractivity contribution is 5.91. The Morgan fingerprint density at radius 3 is 2.78 bits per heavy atom. The van der Waals surface area contributed by atoms with Crippen molar-refractivity contribution in [2.45, 2.75) is 6.92 Å². The van der Waals surface area contributed by atoms with Crippen molar-refractivity contribution >= 4 is 22.8 Å². The van der Waals surface area contributed by atoms with Crippen molar-refractivity contribution < 1.29 is 24.2 Å². The number of hydrogen-bond acceptors (Lipinski definition) is 5. The lowest BCUT2D eigenvalue weighted by Gasteiger charge is -2.09. The summed E-state index contributed by atoms with van der Waals surface area (Å²) in [5, 5.41) is 13.4. The molecular formula is C17H17NO5. The van der Waals surface area contributed by atoms with Crippen LogP contribution in [0.25, 0.3) is 10.8 Å². The number of carbonyl (C=O) groups excluding carboxylic acids is 2. The van der Waals surface area contributed by atoms with Crippen molar-refractivity contribution in [2.24, 2.45) is 0 Å². The van der Waals surface area contributed by atoms with Crippen LogP contribution in [-0.4, -0.2) is 30.3 Å². The van der Waals surface area contributed by atoms with Crippen molar-refractivity contribution in [3.05, 3.63) is 48.6 Å². The van der Waals surface area contributed by atoms with Crippen LogP contribution in [0.4, 0.5) is 4.79 Å². The molecule has 0 aromatic heterocycles. The van der Waals surface area contributed by atoms with E-state index in [1.165, 1.54) is 6.07 Å². The number of phenols is 1. The lowest BCUT2D eigenvalue weighted by Crippen LogP contribution is -2.30. The summed E-state index contributed by atoms with van der Waals surface area (Å²) < 4.78 is 10.1. The van der Waals surface area contributed by atoms with E-state index in [1.807, 2.05) is 0 Å². The van der Waals surface area contributed by atoms with Crippen molar-refractivity contribution in [3.63, 3.8) is 0 Å². The van der Waals surface area contributed by atoms with Crippen molar-refractivity contribution in [2.75, 3.05) is 13.2 Å². The Morgan fingerprint density at radius 2 is 2.04 bits per heavy atom. The van der Waals surface area contributed by atoms with Gasteiger partial charge in [0, 0.05) is 11.0 Å². The summed E-state index contributed by atoms with van der Waals surface area (Å²) in [5.74, 6) is 0.00592. The van der Waals surface area contributed by atoms with E-state index in [0.717, 1.165) is 5.39 Å². The Morgan fingerprint density at radius 1 is 1.26 bits per heavy atom. The third kappa shape index (κ3) is 4.47. The van der Waals surface area contributed by atoms with Gasteiger partial charge in [0.25, 0.3) is 0 Å². The minimum Gasteiger partial charge on any atom is -0.508 e. The molecule has 0 aliphatic rings.